The van der Waals surface area contributed by atoms with Gasteiger partial charge in [-0.3, -0.25) is 0 Å². The molecule has 2 rings (SSSR count). The average Bonchev–Trinajstić information content (AvgIpc) is 2.19. The molecule has 3 heteroatoms. The van der Waals surface area contributed by atoms with Crippen molar-refractivity contribution in [2.24, 2.45) is 0 Å². The van der Waals surface area contributed by atoms with E-state index in [9.17, 15) is 0 Å². The van der Waals surface area contributed by atoms with Crippen molar-refractivity contribution >= 4 is 27.5 Å². The number of pyridine rings is 1. The summed E-state index contributed by atoms with van der Waals surface area (Å²) < 4.78 is 0.962. The van der Waals surface area contributed by atoms with Gasteiger partial charge in [-0.05, 0) is 27.6 Å². The van der Waals surface area contributed by atoms with E-state index in [1.807, 2.05) is 36.4 Å². The summed E-state index contributed by atoms with van der Waals surface area (Å²) in [4.78, 5) is 4.05. The molecule has 1 aromatic carbocycles. The van der Waals surface area contributed by atoms with Crippen LogP contribution in [-0.4, -0.2) is 4.98 Å². The second kappa shape index (κ2) is 4.11. The first-order valence-corrected chi connectivity index (χ1v) is 5.31. The Kier molecular flexibility index (Phi) is 2.85. The number of benzene rings is 1. The molecule has 1 nitrogen and oxygen atoms in total. The van der Waals surface area contributed by atoms with E-state index in [1.54, 1.807) is 6.20 Å². The Morgan fingerprint density at radius 3 is 2.43 bits per heavy atom. The van der Waals surface area contributed by atoms with Crippen LogP contribution in [-0.2, 0) is 0 Å². The molecule has 0 amide bonds. The minimum Gasteiger partial charge on any atom is -0.244 e. The van der Waals surface area contributed by atoms with Crippen LogP contribution in [0.4, 0.5) is 0 Å². The zero-order valence-corrected chi connectivity index (χ0v) is 9.59. The van der Waals surface area contributed by atoms with Gasteiger partial charge in [0.2, 0.25) is 0 Å². The predicted molar refractivity (Wildman–Crippen MR) is 62.4 cm³/mol. The third kappa shape index (κ3) is 1.81. The van der Waals surface area contributed by atoms with E-state index in [2.05, 4.69) is 20.9 Å². The monoisotopic (exact) mass is 267 g/mol. The zero-order chi connectivity index (χ0) is 9.97. The number of aromatic nitrogens is 1. The summed E-state index contributed by atoms with van der Waals surface area (Å²) in [7, 11) is 0. The molecule has 0 N–H and O–H groups in total. The lowest BCUT2D eigenvalue weighted by atomic mass is 10.1. The molecule has 1 heterocycles. The van der Waals surface area contributed by atoms with Crippen LogP contribution in [0.15, 0.2) is 47.1 Å². The van der Waals surface area contributed by atoms with Crippen molar-refractivity contribution in [2.75, 3.05) is 0 Å². The molecule has 70 valence electrons. The highest BCUT2D eigenvalue weighted by molar-refractivity contribution is 9.10. The maximum atomic E-state index is 6.02. The molecule has 0 aliphatic rings. The average molecular weight is 269 g/mol. The molecule has 0 radical (unpaired) electrons. The van der Waals surface area contributed by atoms with Gasteiger partial charge >= 0.3 is 0 Å². The Hall–Kier alpha value is -0.860. The standard InChI is InChI=1S/C11H7BrClN/c12-9-6-7-14-11(13)10(9)8-4-2-1-3-5-8/h1-7H. The lowest BCUT2D eigenvalue weighted by Crippen LogP contribution is -1.84. The molecular formula is C11H7BrClN. The minimum absolute atomic E-state index is 0.519. The molecule has 1 aromatic heterocycles. The molecule has 0 saturated carbocycles. The van der Waals surface area contributed by atoms with Crippen molar-refractivity contribution in [3.63, 3.8) is 0 Å². The number of hydrogen-bond acceptors (Lipinski definition) is 1. The van der Waals surface area contributed by atoms with Crippen molar-refractivity contribution in [3.8, 4) is 11.1 Å². The first kappa shape index (κ1) is 9.69. The second-order valence-corrected chi connectivity index (χ2v) is 4.04. The van der Waals surface area contributed by atoms with Crippen LogP contribution < -0.4 is 0 Å². The van der Waals surface area contributed by atoms with Crippen LogP contribution in [0, 0.1) is 0 Å². The summed E-state index contributed by atoms with van der Waals surface area (Å²) in [6.07, 6.45) is 1.68. The van der Waals surface area contributed by atoms with E-state index in [-0.39, 0.29) is 0 Å². The van der Waals surface area contributed by atoms with Crippen LogP contribution in [0.1, 0.15) is 0 Å². The van der Waals surface area contributed by atoms with Gasteiger partial charge in [0.05, 0.1) is 0 Å². The van der Waals surface area contributed by atoms with Crippen LogP contribution in [0.3, 0.4) is 0 Å². The Labute approximate surface area is 95.9 Å². The van der Waals surface area contributed by atoms with Gasteiger partial charge in [-0.25, -0.2) is 4.98 Å². The van der Waals surface area contributed by atoms with Crippen molar-refractivity contribution in [1.82, 2.24) is 4.98 Å². The number of rotatable bonds is 1. The van der Waals surface area contributed by atoms with Gasteiger partial charge in [0, 0.05) is 16.2 Å². The molecule has 0 atom stereocenters. The first-order valence-electron chi connectivity index (χ1n) is 4.14. The fraction of sp³-hybridized carbons (Fsp3) is 0. The number of halogens is 2. The van der Waals surface area contributed by atoms with Crippen LogP contribution in [0.5, 0.6) is 0 Å². The smallest absolute Gasteiger partial charge is 0.137 e. The molecule has 0 aliphatic heterocycles. The van der Waals surface area contributed by atoms with Gasteiger partial charge in [-0.1, -0.05) is 41.9 Å². The SMILES string of the molecule is Clc1nccc(Br)c1-c1ccccc1. The molecule has 14 heavy (non-hydrogen) atoms. The van der Waals surface area contributed by atoms with Gasteiger partial charge in [-0.2, -0.15) is 0 Å². The second-order valence-electron chi connectivity index (χ2n) is 2.82. The summed E-state index contributed by atoms with van der Waals surface area (Å²) in [6, 6.07) is 11.8. The van der Waals surface area contributed by atoms with E-state index in [0.717, 1.165) is 15.6 Å². The molecular weight excluding hydrogens is 261 g/mol. The Balaban J connectivity index is 2.63. The first-order chi connectivity index (χ1) is 6.79. The highest BCUT2D eigenvalue weighted by atomic mass is 79.9. The van der Waals surface area contributed by atoms with E-state index < -0.39 is 0 Å². The van der Waals surface area contributed by atoms with Crippen molar-refractivity contribution in [2.45, 2.75) is 0 Å². The van der Waals surface area contributed by atoms with Crippen LogP contribution in [0.25, 0.3) is 11.1 Å². The third-order valence-corrected chi connectivity index (χ3v) is 2.86. The van der Waals surface area contributed by atoms with E-state index in [4.69, 9.17) is 11.6 Å². The predicted octanol–water partition coefficient (Wildman–Crippen LogP) is 4.16. The number of nitrogens with zero attached hydrogens (tertiary/aromatic N) is 1. The van der Waals surface area contributed by atoms with Crippen molar-refractivity contribution in [3.05, 3.63) is 52.2 Å². The van der Waals surface area contributed by atoms with E-state index in [0.29, 0.717) is 5.15 Å². The minimum atomic E-state index is 0.519. The highest BCUT2D eigenvalue weighted by Crippen LogP contribution is 2.32. The molecule has 0 fully saturated rings. The summed E-state index contributed by atoms with van der Waals surface area (Å²) in [5, 5.41) is 0.519. The molecule has 0 saturated heterocycles. The lowest BCUT2D eigenvalue weighted by molar-refractivity contribution is 1.32. The summed E-state index contributed by atoms with van der Waals surface area (Å²) >= 11 is 9.48. The van der Waals surface area contributed by atoms with Gasteiger partial charge in [0.15, 0.2) is 0 Å². The largest absolute Gasteiger partial charge is 0.244 e. The normalized spacial score (nSPS) is 10.1. The van der Waals surface area contributed by atoms with Crippen molar-refractivity contribution < 1.29 is 0 Å². The Morgan fingerprint density at radius 1 is 1.07 bits per heavy atom. The van der Waals surface area contributed by atoms with Gasteiger partial charge in [-0.15, -0.1) is 0 Å². The van der Waals surface area contributed by atoms with Crippen LogP contribution in [0.2, 0.25) is 5.15 Å². The third-order valence-electron chi connectivity index (χ3n) is 1.92. The van der Waals surface area contributed by atoms with Gasteiger partial charge in [0.25, 0.3) is 0 Å². The van der Waals surface area contributed by atoms with Crippen molar-refractivity contribution in [1.29, 1.82) is 0 Å². The Morgan fingerprint density at radius 2 is 1.79 bits per heavy atom. The quantitative estimate of drug-likeness (QED) is 0.708. The molecule has 0 bridgehead atoms. The molecule has 2 aromatic rings. The fourth-order valence-electron chi connectivity index (χ4n) is 1.28. The zero-order valence-electron chi connectivity index (χ0n) is 7.24. The summed E-state index contributed by atoms with van der Waals surface area (Å²) in [5.41, 5.74) is 2.01. The summed E-state index contributed by atoms with van der Waals surface area (Å²) in [5.74, 6) is 0. The molecule has 0 unspecified atom stereocenters. The fourth-order valence-corrected chi connectivity index (χ4v) is 2.19. The lowest BCUT2D eigenvalue weighted by Gasteiger charge is -2.05. The maximum Gasteiger partial charge on any atom is 0.137 e. The van der Waals surface area contributed by atoms with E-state index in [1.165, 1.54) is 0 Å². The Bertz CT molecular complexity index is 422. The summed E-state index contributed by atoms with van der Waals surface area (Å²) in [6.45, 7) is 0. The maximum absolute atomic E-state index is 6.02. The van der Waals surface area contributed by atoms with Gasteiger partial charge in [0.1, 0.15) is 5.15 Å². The topological polar surface area (TPSA) is 12.9 Å². The number of hydrogen-bond donors (Lipinski definition) is 0. The highest BCUT2D eigenvalue weighted by Gasteiger charge is 2.07. The van der Waals surface area contributed by atoms with Crippen LogP contribution >= 0.6 is 27.5 Å². The molecule has 0 spiro atoms. The molecule has 0 aliphatic carbocycles. The van der Waals surface area contributed by atoms with Gasteiger partial charge < -0.3 is 0 Å². The van der Waals surface area contributed by atoms with E-state index >= 15 is 0 Å².